The quantitative estimate of drug-likeness (QED) is 0.911. The minimum absolute atomic E-state index is 0.0510. The van der Waals surface area contributed by atoms with Crippen molar-refractivity contribution in [1.82, 2.24) is 9.80 Å². The highest BCUT2D eigenvalue weighted by Crippen LogP contribution is 2.41. The van der Waals surface area contributed by atoms with E-state index < -0.39 is 5.60 Å². The van der Waals surface area contributed by atoms with Gasteiger partial charge in [-0.3, -0.25) is 9.69 Å². The van der Waals surface area contributed by atoms with Gasteiger partial charge in [0.1, 0.15) is 0 Å². The monoisotopic (exact) mass is 344 g/mol. The van der Waals surface area contributed by atoms with Crippen molar-refractivity contribution in [1.29, 1.82) is 0 Å². The van der Waals surface area contributed by atoms with E-state index >= 15 is 0 Å². The van der Waals surface area contributed by atoms with E-state index in [-0.39, 0.29) is 5.91 Å². The van der Waals surface area contributed by atoms with E-state index in [0.29, 0.717) is 12.0 Å². The van der Waals surface area contributed by atoms with Gasteiger partial charge in [0.2, 0.25) is 0 Å². The van der Waals surface area contributed by atoms with Gasteiger partial charge in [0.25, 0.3) is 5.91 Å². The van der Waals surface area contributed by atoms with E-state index in [1.54, 1.807) is 19.0 Å². The lowest BCUT2D eigenvalue weighted by atomic mass is 9.72. The van der Waals surface area contributed by atoms with Crippen LogP contribution in [0.1, 0.15) is 61.4 Å². The Bertz CT molecular complexity index is 612. The zero-order valence-electron chi connectivity index (χ0n) is 15.9. The number of amides is 1. The lowest BCUT2D eigenvalue weighted by Gasteiger charge is -2.43. The predicted octanol–water partition coefficient (Wildman–Crippen LogP) is 3.29. The normalized spacial score (nSPS) is 30.4. The molecule has 2 aliphatic rings. The fraction of sp³-hybridized carbons (Fsp3) is 0.667. The van der Waals surface area contributed by atoms with Crippen molar-refractivity contribution in [2.75, 3.05) is 20.6 Å². The Morgan fingerprint density at radius 2 is 2.08 bits per heavy atom. The van der Waals surface area contributed by atoms with E-state index in [0.717, 1.165) is 37.9 Å². The third-order valence-electron chi connectivity index (χ3n) is 6.09. The Kier molecular flexibility index (Phi) is 5.49. The Morgan fingerprint density at radius 1 is 1.28 bits per heavy atom. The Hall–Kier alpha value is -1.39. The van der Waals surface area contributed by atoms with Crippen LogP contribution in [0.15, 0.2) is 24.3 Å². The molecule has 0 radical (unpaired) electrons. The summed E-state index contributed by atoms with van der Waals surface area (Å²) in [5.41, 5.74) is 1.41. The molecule has 1 N–H and O–H groups in total. The Morgan fingerprint density at radius 3 is 2.80 bits per heavy atom. The van der Waals surface area contributed by atoms with Gasteiger partial charge in [-0.1, -0.05) is 25.0 Å². The van der Waals surface area contributed by atoms with Crippen molar-refractivity contribution < 1.29 is 9.90 Å². The van der Waals surface area contributed by atoms with Crippen molar-refractivity contribution in [3.63, 3.8) is 0 Å². The van der Waals surface area contributed by atoms with Crippen molar-refractivity contribution >= 4 is 5.91 Å². The van der Waals surface area contributed by atoms with E-state index in [4.69, 9.17) is 0 Å². The van der Waals surface area contributed by atoms with Crippen LogP contribution in [0.4, 0.5) is 0 Å². The summed E-state index contributed by atoms with van der Waals surface area (Å²) < 4.78 is 0. The first-order chi connectivity index (χ1) is 11.9. The number of rotatable bonds is 4. The van der Waals surface area contributed by atoms with Gasteiger partial charge in [-0.2, -0.15) is 0 Å². The molecule has 4 nitrogen and oxygen atoms in total. The van der Waals surface area contributed by atoms with Crippen LogP contribution in [0.2, 0.25) is 0 Å². The molecule has 138 valence electrons. The number of carbonyl (C=O) groups excluding carboxylic acids is 1. The minimum atomic E-state index is -0.533. The van der Waals surface area contributed by atoms with Crippen LogP contribution >= 0.6 is 0 Å². The molecule has 0 aromatic heterocycles. The molecule has 0 bridgehead atoms. The summed E-state index contributed by atoms with van der Waals surface area (Å²) in [6.45, 7) is 3.98. The highest BCUT2D eigenvalue weighted by atomic mass is 16.3. The topological polar surface area (TPSA) is 43.8 Å². The molecule has 1 aromatic carbocycles. The molecule has 1 amide bonds. The lowest BCUT2D eigenvalue weighted by Crippen LogP contribution is -2.48. The number of nitrogens with zero attached hydrogens (tertiary/aromatic N) is 2. The summed E-state index contributed by atoms with van der Waals surface area (Å²) in [5.74, 6) is 0.422. The van der Waals surface area contributed by atoms with Gasteiger partial charge >= 0.3 is 0 Å². The molecule has 0 unspecified atom stereocenters. The standard InChI is InChI=1S/C21H32N2O2/c1-21(25)12-5-4-10-18(21)19-11-7-13-23(19)15-16-8-6-9-17(14-16)20(24)22(2)3/h6,8-9,14,18-19,25H,4-5,7,10-13,15H2,1-3H3/t18-,19+,21+/m0/s1. The van der Waals surface area contributed by atoms with E-state index in [1.807, 2.05) is 25.1 Å². The third kappa shape index (κ3) is 4.06. The first-order valence-electron chi connectivity index (χ1n) is 9.65. The summed E-state index contributed by atoms with van der Waals surface area (Å²) >= 11 is 0. The van der Waals surface area contributed by atoms with Crippen LogP contribution in [0.25, 0.3) is 0 Å². The molecule has 3 atom stereocenters. The van der Waals surface area contributed by atoms with Gasteiger partial charge < -0.3 is 10.0 Å². The molecular weight excluding hydrogens is 312 g/mol. The molecule has 1 aliphatic carbocycles. The van der Waals surface area contributed by atoms with Gasteiger partial charge in [-0.05, 0) is 56.8 Å². The average molecular weight is 344 g/mol. The lowest BCUT2D eigenvalue weighted by molar-refractivity contribution is -0.0628. The maximum Gasteiger partial charge on any atom is 0.253 e. The highest BCUT2D eigenvalue weighted by Gasteiger charge is 2.43. The van der Waals surface area contributed by atoms with Gasteiger partial charge in [-0.25, -0.2) is 0 Å². The molecular formula is C21H32N2O2. The van der Waals surface area contributed by atoms with Gasteiger partial charge in [0.05, 0.1) is 5.60 Å². The van der Waals surface area contributed by atoms with Crippen LogP contribution < -0.4 is 0 Å². The van der Waals surface area contributed by atoms with E-state index in [2.05, 4.69) is 11.0 Å². The molecule has 1 saturated carbocycles. The van der Waals surface area contributed by atoms with E-state index in [9.17, 15) is 9.90 Å². The first kappa shape index (κ1) is 18.4. The SMILES string of the molecule is CN(C)C(=O)c1cccc(CN2CCC[C@@H]2[C@@H]2CCCC[C@@]2(C)O)c1. The second kappa shape index (κ2) is 7.46. The molecule has 4 heteroatoms. The Balaban J connectivity index is 1.74. The number of carbonyl (C=O) groups is 1. The maximum absolute atomic E-state index is 12.2. The molecule has 1 aliphatic heterocycles. The van der Waals surface area contributed by atoms with Gasteiger partial charge in [0.15, 0.2) is 0 Å². The van der Waals surface area contributed by atoms with Crippen molar-refractivity contribution in [3.8, 4) is 0 Å². The first-order valence-corrected chi connectivity index (χ1v) is 9.65. The molecule has 2 fully saturated rings. The number of benzene rings is 1. The maximum atomic E-state index is 12.2. The zero-order chi connectivity index (χ0) is 18.0. The predicted molar refractivity (Wildman–Crippen MR) is 100 cm³/mol. The number of hydrogen-bond donors (Lipinski definition) is 1. The molecule has 1 aromatic rings. The third-order valence-corrected chi connectivity index (χ3v) is 6.09. The zero-order valence-corrected chi connectivity index (χ0v) is 15.9. The van der Waals surface area contributed by atoms with Crippen molar-refractivity contribution in [2.24, 2.45) is 5.92 Å². The largest absolute Gasteiger partial charge is 0.390 e. The van der Waals surface area contributed by atoms with Crippen LogP contribution in [-0.4, -0.2) is 53.1 Å². The average Bonchev–Trinajstić information content (AvgIpc) is 3.01. The summed E-state index contributed by atoms with van der Waals surface area (Å²) in [7, 11) is 3.58. The second-order valence-corrected chi connectivity index (χ2v) is 8.29. The molecule has 1 saturated heterocycles. The summed E-state index contributed by atoms with van der Waals surface area (Å²) in [6.07, 6.45) is 6.82. The summed E-state index contributed by atoms with van der Waals surface area (Å²) in [4.78, 5) is 16.4. The molecule has 3 rings (SSSR count). The highest BCUT2D eigenvalue weighted by molar-refractivity contribution is 5.94. The Labute approximate surface area is 151 Å². The molecule has 25 heavy (non-hydrogen) atoms. The fourth-order valence-corrected chi connectivity index (χ4v) is 4.75. The summed E-state index contributed by atoms with van der Waals surface area (Å²) in [6, 6.07) is 8.47. The van der Waals surface area contributed by atoms with Crippen LogP contribution in [0.3, 0.4) is 0 Å². The summed E-state index contributed by atoms with van der Waals surface area (Å²) in [5, 5.41) is 10.9. The second-order valence-electron chi connectivity index (χ2n) is 8.29. The van der Waals surface area contributed by atoms with Gasteiger partial charge in [-0.15, -0.1) is 0 Å². The minimum Gasteiger partial charge on any atom is -0.390 e. The van der Waals surface area contributed by atoms with Crippen molar-refractivity contribution in [3.05, 3.63) is 35.4 Å². The molecule has 1 heterocycles. The smallest absolute Gasteiger partial charge is 0.253 e. The van der Waals surface area contributed by atoms with Gasteiger partial charge in [0, 0.05) is 38.2 Å². The number of aliphatic hydroxyl groups is 1. The van der Waals surface area contributed by atoms with Crippen LogP contribution in [0, 0.1) is 5.92 Å². The fourth-order valence-electron chi connectivity index (χ4n) is 4.75. The number of hydrogen-bond acceptors (Lipinski definition) is 3. The van der Waals surface area contributed by atoms with Crippen molar-refractivity contribution in [2.45, 2.75) is 63.6 Å². The van der Waals surface area contributed by atoms with Crippen LogP contribution in [-0.2, 0) is 6.54 Å². The van der Waals surface area contributed by atoms with Crippen LogP contribution in [0.5, 0.6) is 0 Å². The van der Waals surface area contributed by atoms with E-state index in [1.165, 1.54) is 24.8 Å². The molecule has 0 spiro atoms. The number of likely N-dealkylation sites (tertiary alicyclic amines) is 1.